The fourth-order valence-electron chi connectivity index (χ4n) is 3.62. The molecule has 1 aliphatic rings. The Balaban J connectivity index is 1.86. The molecule has 0 bridgehead atoms. The number of halogens is 3. The Kier molecular flexibility index (Phi) is 5.14. The van der Waals surface area contributed by atoms with Gasteiger partial charge in [-0.1, -0.05) is 12.1 Å². The minimum atomic E-state index is -4.65. The van der Waals surface area contributed by atoms with Crippen LogP contribution in [0.2, 0.25) is 0 Å². The Morgan fingerprint density at radius 3 is 2.67 bits per heavy atom. The maximum absolute atomic E-state index is 13.7. The molecule has 0 radical (unpaired) electrons. The highest BCUT2D eigenvalue weighted by Crippen LogP contribution is 2.42. The highest BCUT2D eigenvalue weighted by Gasteiger charge is 2.37. The molecule has 0 unspecified atom stereocenters. The van der Waals surface area contributed by atoms with E-state index in [0.29, 0.717) is 16.2 Å². The number of aromatic nitrogens is 3. The molecule has 2 aromatic heterocycles. The number of hydrogen-bond donors (Lipinski definition) is 3. The Morgan fingerprint density at radius 2 is 2.07 bits per heavy atom. The average molecular weight is 438 g/mol. The number of aromatic amines is 1. The molecule has 6 nitrogen and oxygen atoms in total. The molecule has 1 atom stereocenters. The van der Waals surface area contributed by atoms with Crippen molar-refractivity contribution in [2.24, 2.45) is 5.92 Å². The second-order valence-electron chi connectivity index (χ2n) is 7.98. The van der Waals surface area contributed by atoms with E-state index in [9.17, 15) is 22.8 Å². The number of fused-ring (bicyclic) bond motifs is 1. The molecule has 3 aromatic rings. The summed E-state index contributed by atoms with van der Waals surface area (Å²) >= 11 is 0. The van der Waals surface area contributed by atoms with E-state index in [4.69, 9.17) is 0 Å². The minimum Gasteiger partial charge on any atom is -0.394 e. The quantitative estimate of drug-likeness (QED) is 0.505. The lowest BCUT2D eigenvalue weighted by Gasteiger charge is -2.17. The monoisotopic (exact) mass is 438 g/mol. The second-order valence-corrected chi connectivity index (χ2v) is 11.2. The third kappa shape index (κ3) is 3.96. The van der Waals surface area contributed by atoms with Crippen LogP contribution in [0.1, 0.15) is 18.4 Å². The SMILES string of the molecule is CP(C)(=O)c1cccc2c(-c3nc(N[C@@H](CO)C4CC4)ncc3C(F)(F)F)c[nH]c12. The molecule has 160 valence electrons. The molecule has 2 heterocycles. The summed E-state index contributed by atoms with van der Waals surface area (Å²) in [5.41, 5.74) is -0.432. The molecule has 3 N–H and O–H groups in total. The topological polar surface area (TPSA) is 90.9 Å². The maximum atomic E-state index is 13.7. The average Bonchev–Trinajstić information content (AvgIpc) is 3.42. The lowest BCUT2D eigenvalue weighted by Crippen LogP contribution is -2.27. The van der Waals surface area contributed by atoms with Crippen LogP contribution in [0.5, 0.6) is 0 Å². The third-order valence-electron chi connectivity index (χ3n) is 5.33. The summed E-state index contributed by atoms with van der Waals surface area (Å²) in [7, 11) is -2.65. The van der Waals surface area contributed by atoms with Gasteiger partial charge in [-0.15, -0.1) is 0 Å². The number of nitrogens with one attached hydrogen (secondary N) is 2. The van der Waals surface area contributed by atoms with Crippen LogP contribution in [0.3, 0.4) is 0 Å². The Labute approximate surface area is 171 Å². The molecule has 1 aliphatic carbocycles. The van der Waals surface area contributed by atoms with Crippen LogP contribution in [0.25, 0.3) is 22.2 Å². The van der Waals surface area contributed by atoms with Crippen molar-refractivity contribution < 1.29 is 22.8 Å². The van der Waals surface area contributed by atoms with Gasteiger partial charge >= 0.3 is 6.18 Å². The number of nitrogens with zero attached hydrogens (tertiary/aromatic N) is 2. The largest absolute Gasteiger partial charge is 0.419 e. The van der Waals surface area contributed by atoms with Crippen LogP contribution in [-0.2, 0) is 10.7 Å². The van der Waals surface area contributed by atoms with E-state index in [1.165, 1.54) is 6.20 Å². The van der Waals surface area contributed by atoms with Gasteiger partial charge in [0, 0.05) is 28.6 Å². The van der Waals surface area contributed by atoms with Gasteiger partial charge in [0.2, 0.25) is 5.95 Å². The van der Waals surface area contributed by atoms with Crippen molar-refractivity contribution in [3.63, 3.8) is 0 Å². The van der Waals surface area contributed by atoms with Gasteiger partial charge in [-0.25, -0.2) is 9.97 Å². The molecule has 1 saturated carbocycles. The Bertz CT molecular complexity index is 1130. The van der Waals surface area contributed by atoms with Crippen LogP contribution in [0.4, 0.5) is 19.1 Å². The maximum Gasteiger partial charge on any atom is 0.419 e. The van der Waals surface area contributed by atoms with Crippen LogP contribution in [-0.4, -0.2) is 46.0 Å². The highest BCUT2D eigenvalue weighted by atomic mass is 31.2. The fourth-order valence-corrected chi connectivity index (χ4v) is 4.79. The van der Waals surface area contributed by atoms with Crippen molar-refractivity contribution in [1.29, 1.82) is 0 Å². The number of aliphatic hydroxyl groups is 1. The van der Waals surface area contributed by atoms with Gasteiger partial charge in [0.05, 0.1) is 23.9 Å². The minimum absolute atomic E-state index is 0.0334. The number of alkyl halides is 3. The first-order valence-corrected chi connectivity index (χ1v) is 12.2. The number of hydrogen-bond acceptors (Lipinski definition) is 5. The summed E-state index contributed by atoms with van der Waals surface area (Å²) < 4.78 is 53.8. The number of benzene rings is 1. The Morgan fingerprint density at radius 1 is 1.33 bits per heavy atom. The molecule has 30 heavy (non-hydrogen) atoms. The van der Waals surface area contributed by atoms with E-state index in [1.807, 2.05) is 0 Å². The van der Waals surface area contributed by atoms with E-state index in [2.05, 4.69) is 20.3 Å². The van der Waals surface area contributed by atoms with Crippen LogP contribution < -0.4 is 10.6 Å². The highest BCUT2D eigenvalue weighted by molar-refractivity contribution is 7.70. The zero-order valence-corrected chi connectivity index (χ0v) is 17.4. The molecule has 1 fully saturated rings. The predicted molar refractivity (Wildman–Crippen MR) is 111 cm³/mol. The van der Waals surface area contributed by atoms with Gasteiger partial charge in [0.1, 0.15) is 12.7 Å². The third-order valence-corrected chi connectivity index (χ3v) is 6.86. The van der Waals surface area contributed by atoms with Crippen LogP contribution in [0, 0.1) is 5.92 Å². The number of para-hydroxylation sites is 1. The summed E-state index contributed by atoms with van der Waals surface area (Å²) in [4.78, 5) is 11.0. The van der Waals surface area contributed by atoms with Gasteiger partial charge < -0.3 is 20.0 Å². The van der Waals surface area contributed by atoms with Crippen molar-refractivity contribution in [3.05, 3.63) is 36.2 Å². The van der Waals surface area contributed by atoms with E-state index >= 15 is 0 Å². The first kappa shape index (κ1) is 20.9. The summed E-state index contributed by atoms with van der Waals surface area (Å²) in [6.45, 7) is 3.08. The standard InChI is InChI=1S/C20H22F3N4O2P/c1-30(2,29)16-5-3-4-12-13(8-24-18(12)16)17-14(20(21,22)23)9-25-19(27-17)26-15(10-28)11-6-7-11/h3-5,8-9,11,15,24,28H,6-7,10H2,1-2H3,(H,25,26,27)/t15-/m0/s1. The smallest absolute Gasteiger partial charge is 0.394 e. The van der Waals surface area contributed by atoms with Gasteiger partial charge in [0.15, 0.2) is 0 Å². The van der Waals surface area contributed by atoms with Crippen molar-refractivity contribution in [1.82, 2.24) is 15.0 Å². The first-order chi connectivity index (χ1) is 14.1. The van der Waals surface area contributed by atoms with Crippen molar-refractivity contribution in [2.75, 3.05) is 25.3 Å². The van der Waals surface area contributed by atoms with E-state index in [-0.39, 0.29) is 35.8 Å². The molecule has 10 heteroatoms. The first-order valence-electron chi connectivity index (χ1n) is 9.57. The van der Waals surface area contributed by atoms with Gasteiger partial charge in [0.25, 0.3) is 0 Å². The number of aliphatic hydroxyl groups excluding tert-OH is 1. The van der Waals surface area contributed by atoms with Gasteiger partial charge in [-0.2, -0.15) is 13.2 Å². The zero-order chi connectivity index (χ0) is 21.7. The Hall–Kier alpha value is -2.38. The van der Waals surface area contributed by atoms with Crippen LogP contribution >= 0.6 is 7.14 Å². The van der Waals surface area contributed by atoms with Crippen molar-refractivity contribution >= 4 is 29.3 Å². The number of anilines is 1. The zero-order valence-electron chi connectivity index (χ0n) is 16.5. The molecule has 0 spiro atoms. The van der Waals surface area contributed by atoms with E-state index in [1.54, 1.807) is 31.5 Å². The van der Waals surface area contributed by atoms with E-state index < -0.39 is 18.9 Å². The molecule has 0 amide bonds. The number of rotatable bonds is 6. The summed E-state index contributed by atoms with van der Waals surface area (Å²) in [6.07, 6.45) is -0.530. The molecular formula is C20H22F3N4O2P. The lowest BCUT2D eigenvalue weighted by molar-refractivity contribution is -0.137. The summed E-state index contributed by atoms with van der Waals surface area (Å²) in [5.74, 6) is 0.300. The predicted octanol–water partition coefficient (Wildman–Crippen LogP) is 4.07. The van der Waals surface area contributed by atoms with Crippen LogP contribution in [0.15, 0.2) is 30.6 Å². The van der Waals surface area contributed by atoms with Gasteiger partial charge in [-0.05, 0) is 38.2 Å². The van der Waals surface area contributed by atoms with Gasteiger partial charge in [-0.3, -0.25) is 0 Å². The second kappa shape index (κ2) is 7.39. The molecule has 0 aliphatic heterocycles. The molecule has 4 rings (SSSR count). The molecule has 0 saturated heterocycles. The summed E-state index contributed by atoms with van der Waals surface area (Å²) in [6, 6.07) is 4.77. The normalized spacial score (nSPS) is 16.1. The summed E-state index contributed by atoms with van der Waals surface area (Å²) in [5, 5.41) is 13.6. The molecule has 1 aromatic carbocycles. The van der Waals surface area contributed by atoms with E-state index in [0.717, 1.165) is 19.0 Å². The number of H-pyrrole nitrogens is 1. The molecular weight excluding hydrogens is 416 g/mol. The fraction of sp³-hybridized carbons (Fsp3) is 0.400. The van der Waals surface area contributed by atoms with Crippen molar-refractivity contribution in [3.8, 4) is 11.3 Å². The lowest BCUT2D eigenvalue weighted by atomic mass is 10.1. The van der Waals surface area contributed by atoms with Crippen molar-refractivity contribution in [2.45, 2.75) is 25.1 Å².